The summed E-state index contributed by atoms with van der Waals surface area (Å²) in [7, 11) is -3.72. The maximum atomic E-state index is 12.8. The highest BCUT2D eigenvalue weighted by atomic mass is 32.2. The van der Waals surface area contributed by atoms with Gasteiger partial charge in [-0.25, -0.2) is 8.42 Å². The van der Waals surface area contributed by atoms with E-state index in [1.165, 1.54) is 41.6 Å². The van der Waals surface area contributed by atoms with Crippen LogP contribution in [0.4, 0.5) is 11.4 Å². The van der Waals surface area contributed by atoms with Crippen LogP contribution in [-0.4, -0.2) is 42.4 Å². The molecule has 0 aliphatic carbocycles. The number of hydrogen-bond acceptors (Lipinski definition) is 6. The van der Waals surface area contributed by atoms with Crippen molar-refractivity contribution in [3.05, 3.63) is 63.7 Å². The van der Waals surface area contributed by atoms with Gasteiger partial charge < -0.3 is 5.32 Å². The van der Waals surface area contributed by atoms with Crippen molar-refractivity contribution in [1.82, 2.24) is 4.31 Å². The molecule has 1 fully saturated rings. The number of sulfonamides is 1. The minimum absolute atomic E-state index is 0.0745. The number of nitrogens with one attached hydrogen (secondary N) is 1. The monoisotopic (exact) mass is 445 g/mol. The molecule has 10 heteroatoms. The van der Waals surface area contributed by atoms with E-state index in [0.717, 1.165) is 0 Å². The molecule has 2 aromatic carbocycles. The van der Waals surface area contributed by atoms with Crippen molar-refractivity contribution in [2.24, 2.45) is 5.92 Å². The van der Waals surface area contributed by atoms with Gasteiger partial charge in [0.25, 0.3) is 5.69 Å². The van der Waals surface area contributed by atoms with Crippen molar-refractivity contribution in [3.8, 4) is 0 Å². The Morgan fingerprint density at radius 2 is 1.71 bits per heavy atom. The zero-order valence-corrected chi connectivity index (χ0v) is 18.0. The number of ketones is 1. The second-order valence-electron chi connectivity index (χ2n) is 7.51. The molecule has 3 rings (SSSR count). The third-order valence-corrected chi connectivity index (χ3v) is 7.31. The van der Waals surface area contributed by atoms with E-state index in [2.05, 4.69) is 5.32 Å². The normalized spacial score (nSPS) is 15.4. The Hall–Kier alpha value is -3.11. The molecule has 1 aliphatic heterocycles. The van der Waals surface area contributed by atoms with Crippen LogP contribution in [0.2, 0.25) is 0 Å². The van der Waals surface area contributed by atoms with Gasteiger partial charge in [-0.15, -0.1) is 0 Å². The van der Waals surface area contributed by atoms with Crippen LogP contribution in [0.1, 0.15) is 35.7 Å². The fraction of sp³-hybridized carbons (Fsp3) is 0.333. The highest BCUT2D eigenvalue weighted by Gasteiger charge is 2.32. The summed E-state index contributed by atoms with van der Waals surface area (Å²) in [6.07, 6.45) is 0.676. The number of nitro benzene ring substituents is 1. The van der Waals surface area contributed by atoms with Gasteiger partial charge in [-0.05, 0) is 44.9 Å². The van der Waals surface area contributed by atoms with Gasteiger partial charge in [0.1, 0.15) is 0 Å². The lowest BCUT2D eigenvalue weighted by molar-refractivity contribution is -0.385. The first-order valence-electron chi connectivity index (χ1n) is 9.76. The lowest BCUT2D eigenvalue weighted by Crippen LogP contribution is -2.41. The van der Waals surface area contributed by atoms with Gasteiger partial charge >= 0.3 is 0 Å². The van der Waals surface area contributed by atoms with E-state index in [1.807, 2.05) is 0 Å². The molecule has 2 aromatic rings. The van der Waals surface area contributed by atoms with Crippen molar-refractivity contribution in [2.75, 3.05) is 18.4 Å². The molecule has 31 heavy (non-hydrogen) atoms. The number of aryl methyl sites for hydroxylation is 1. The predicted molar refractivity (Wildman–Crippen MR) is 114 cm³/mol. The molecule has 1 amide bonds. The first-order valence-corrected chi connectivity index (χ1v) is 11.2. The van der Waals surface area contributed by atoms with Crippen LogP contribution in [0, 0.1) is 23.0 Å². The molecule has 1 saturated heterocycles. The highest BCUT2D eigenvalue weighted by molar-refractivity contribution is 7.89. The molecule has 0 spiro atoms. The topological polar surface area (TPSA) is 127 Å². The number of piperidine rings is 1. The Kier molecular flexibility index (Phi) is 6.51. The number of nitro groups is 1. The Morgan fingerprint density at radius 1 is 1.10 bits per heavy atom. The van der Waals surface area contributed by atoms with Crippen LogP contribution in [-0.2, 0) is 14.8 Å². The lowest BCUT2D eigenvalue weighted by atomic mass is 9.97. The van der Waals surface area contributed by atoms with E-state index in [4.69, 9.17) is 0 Å². The zero-order valence-electron chi connectivity index (χ0n) is 17.2. The number of benzene rings is 2. The second-order valence-corrected chi connectivity index (χ2v) is 9.44. The average molecular weight is 445 g/mol. The van der Waals surface area contributed by atoms with Crippen molar-refractivity contribution < 1.29 is 22.9 Å². The molecule has 0 saturated carbocycles. The van der Waals surface area contributed by atoms with E-state index in [1.54, 1.807) is 19.1 Å². The maximum absolute atomic E-state index is 12.8. The number of anilines is 1. The van der Waals surface area contributed by atoms with Crippen molar-refractivity contribution in [3.63, 3.8) is 0 Å². The number of carbonyl (C=O) groups excluding carboxylic acids is 2. The second kappa shape index (κ2) is 8.94. The molecule has 0 radical (unpaired) electrons. The minimum Gasteiger partial charge on any atom is -0.326 e. The Balaban J connectivity index is 1.63. The summed E-state index contributed by atoms with van der Waals surface area (Å²) in [5.74, 6) is -0.831. The van der Waals surface area contributed by atoms with E-state index in [9.17, 15) is 28.1 Å². The van der Waals surface area contributed by atoms with Gasteiger partial charge in [0.05, 0.1) is 9.82 Å². The minimum atomic E-state index is -3.72. The quantitative estimate of drug-likeness (QED) is 0.413. The largest absolute Gasteiger partial charge is 0.326 e. The van der Waals surface area contributed by atoms with Crippen molar-refractivity contribution in [2.45, 2.75) is 31.6 Å². The third-order valence-electron chi connectivity index (χ3n) is 5.40. The SMILES string of the molecule is CC(=O)c1ccc(S(=O)(=O)N2CCC(C(=O)Nc3ccc(C)c([N+](=O)[O-])c3)CC2)cc1. The van der Waals surface area contributed by atoms with Crippen LogP contribution in [0.3, 0.4) is 0 Å². The highest BCUT2D eigenvalue weighted by Crippen LogP contribution is 2.27. The van der Waals surface area contributed by atoms with E-state index >= 15 is 0 Å². The van der Waals surface area contributed by atoms with Gasteiger partial charge in [-0.3, -0.25) is 19.7 Å². The molecular weight excluding hydrogens is 422 g/mol. The fourth-order valence-electron chi connectivity index (χ4n) is 3.50. The summed E-state index contributed by atoms with van der Waals surface area (Å²) < 4.78 is 27.0. The van der Waals surface area contributed by atoms with Crippen LogP contribution < -0.4 is 5.32 Å². The number of hydrogen-bond donors (Lipinski definition) is 1. The van der Waals surface area contributed by atoms with E-state index in [-0.39, 0.29) is 35.4 Å². The van der Waals surface area contributed by atoms with Crippen molar-refractivity contribution >= 4 is 33.1 Å². The predicted octanol–water partition coefficient (Wildman–Crippen LogP) is 3.15. The van der Waals surface area contributed by atoms with Gasteiger partial charge in [-0.1, -0.05) is 18.2 Å². The summed E-state index contributed by atoms with van der Waals surface area (Å²) in [5.41, 5.74) is 1.20. The van der Waals surface area contributed by atoms with Crippen LogP contribution in [0.15, 0.2) is 47.4 Å². The van der Waals surface area contributed by atoms with Gasteiger partial charge in [0, 0.05) is 41.9 Å². The van der Waals surface area contributed by atoms with Gasteiger partial charge in [-0.2, -0.15) is 4.31 Å². The Labute approximate surface area is 180 Å². The molecule has 164 valence electrons. The van der Waals surface area contributed by atoms with Crippen LogP contribution in [0.5, 0.6) is 0 Å². The molecule has 1 aliphatic rings. The third kappa shape index (κ3) is 4.97. The van der Waals surface area contributed by atoms with Crippen molar-refractivity contribution in [1.29, 1.82) is 0 Å². The summed E-state index contributed by atoms with van der Waals surface area (Å²) >= 11 is 0. The smallest absolute Gasteiger partial charge is 0.274 e. The fourth-order valence-corrected chi connectivity index (χ4v) is 4.97. The van der Waals surface area contributed by atoms with Gasteiger partial charge in [0.2, 0.25) is 15.9 Å². The molecule has 0 aromatic heterocycles. The number of nitrogens with zero attached hydrogens (tertiary/aromatic N) is 2. The number of Topliss-reactive ketones (excluding diaryl/α,β-unsaturated/α-hetero) is 1. The molecule has 1 heterocycles. The standard InChI is InChI=1S/C21H23N3O6S/c1-14-3-6-18(13-20(14)24(27)28)22-21(26)17-9-11-23(12-10-17)31(29,30)19-7-4-16(5-8-19)15(2)25/h3-8,13,17H,9-12H2,1-2H3,(H,22,26). The molecule has 0 unspecified atom stereocenters. The summed E-state index contributed by atoms with van der Waals surface area (Å²) in [6.45, 7) is 3.40. The summed E-state index contributed by atoms with van der Waals surface area (Å²) in [4.78, 5) is 34.6. The molecule has 0 atom stereocenters. The Morgan fingerprint density at radius 3 is 2.26 bits per heavy atom. The number of rotatable bonds is 6. The number of carbonyl (C=O) groups is 2. The Bertz CT molecular complexity index is 1120. The van der Waals surface area contributed by atoms with E-state index < -0.39 is 20.9 Å². The lowest BCUT2D eigenvalue weighted by Gasteiger charge is -2.30. The molecule has 1 N–H and O–H groups in total. The summed E-state index contributed by atoms with van der Waals surface area (Å²) in [6, 6.07) is 10.3. The first-order chi connectivity index (χ1) is 14.6. The van der Waals surface area contributed by atoms with Crippen LogP contribution >= 0.6 is 0 Å². The first kappa shape index (κ1) is 22.6. The summed E-state index contributed by atoms with van der Waals surface area (Å²) in [5, 5.41) is 13.8. The zero-order chi connectivity index (χ0) is 22.8. The van der Waals surface area contributed by atoms with Crippen LogP contribution in [0.25, 0.3) is 0 Å². The molecule has 0 bridgehead atoms. The maximum Gasteiger partial charge on any atom is 0.274 e. The average Bonchev–Trinajstić information content (AvgIpc) is 2.75. The molecular formula is C21H23N3O6S. The van der Waals surface area contributed by atoms with Gasteiger partial charge in [0.15, 0.2) is 5.78 Å². The molecule has 9 nitrogen and oxygen atoms in total. The van der Waals surface area contributed by atoms with E-state index in [0.29, 0.717) is 29.7 Å². The number of amides is 1.